The molecule has 0 atom stereocenters. The summed E-state index contributed by atoms with van der Waals surface area (Å²) in [6.07, 6.45) is 5.11. The number of carbonyl (C=O) groups excluding carboxylic acids is 2. The molecule has 0 aliphatic heterocycles. The lowest BCUT2D eigenvalue weighted by Gasteiger charge is -2.26. The predicted molar refractivity (Wildman–Crippen MR) is 125 cm³/mol. The first-order chi connectivity index (χ1) is 15.3. The Bertz CT molecular complexity index is 1050. The van der Waals surface area contributed by atoms with Gasteiger partial charge in [0.2, 0.25) is 21.8 Å². The van der Waals surface area contributed by atoms with Crippen LogP contribution in [0.15, 0.2) is 53.4 Å². The number of rotatable bonds is 8. The highest BCUT2D eigenvalue weighted by molar-refractivity contribution is 7.89. The Hall–Kier alpha value is -2.42. The minimum Gasteiger partial charge on any atom is -0.352 e. The van der Waals surface area contributed by atoms with E-state index in [1.165, 1.54) is 31.2 Å². The highest BCUT2D eigenvalue weighted by atomic mass is 35.5. The van der Waals surface area contributed by atoms with Gasteiger partial charge in [-0.2, -0.15) is 4.31 Å². The van der Waals surface area contributed by atoms with E-state index in [0.717, 1.165) is 36.4 Å². The van der Waals surface area contributed by atoms with E-state index in [2.05, 4.69) is 10.6 Å². The van der Waals surface area contributed by atoms with Gasteiger partial charge in [0.15, 0.2) is 0 Å². The SMILES string of the molecule is CC(=O)Nc1ccc(S(=O)(=O)N(CC(=O)NC2CCCCC2)Cc2ccccc2Cl)cc1. The lowest BCUT2D eigenvalue weighted by molar-refractivity contribution is -0.122. The lowest BCUT2D eigenvalue weighted by atomic mass is 9.95. The minimum atomic E-state index is -4.00. The van der Waals surface area contributed by atoms with Crippen LogP contribution < -0.4 is 10.6 Å². The molecule has 2 aromatic carbocycles. The molecule has 1 aliphatic carbocycles. The van der Waals surface area contributed by atoms with E-state index in [-0.39, 0.29) is 35.8 Å². The Morgan fingerprint density at radius 2 is 1.69 bits per heavy atom. The van der Waals surface area contributed by atoms with Crippen LogP contribution in [0.25, 0.3) is 0 Å². The van der Waals surface area contributed by atoms with Crippen LogP contribution >= 0.6 is 11.6 Å². The molecule has 2 N–H and O–H groups in total. The number of benzene rings is 2. The standard InChI is InChI=1S/C23H28ClN3O4S/c1-17(28)25-20-11-13-21(14-12-20)32(30,31)27(15-18-7-5-6-10-22(18)24)16-23(29)26-19-8-3-2-4-9-19/h5-7,10-14,19H,2-4,8-9,15-16H2,1H3,(H,25,28)(H,26,29). The fourth-order valence-corrected chi connectivity index (χ4v) is 5.36. The van der Waals surface area contributed by atoms with Crippen LogP contribution in [0.2, 0.25) is 5.02 Å². The van der Waals surface area contributed by atoms with E-state index in [1.54, 1.807) is 24.3 Å². The van der Waals surface area contributed by atoms with Crippen LogP contribution in [0.1, 0.15) is 44.6 Å². The van der Waals surface area contributed by atoms with Crippen molar-refractivity contribution in [1.82, 2.24) is 9.62 Å². The lowest BCUT2D eigenvalue weighted by Crippen LogP contribution is -2.44. The van der Waals surface area contributed by atoms with Crippen molar-refractivity contribution in [3.05, 3.63) is 59.1 Å². The Balaban J connectivity index is 1.83. The Labute approximate surface area is 194 Å². The van der Waals surface area contributed by atoms with E-state index in [9.17, 15) is 18.0 Å². The zero-order valence-corrected chi connectivity index (χ0v) is 19.6. The molecule has 1 fully saturated rings. The smallest absolute Gasteiger partial charge is 0.243 e. The number of halogens is 1. The van der Waals surface area contributed by atoms with Gasteiger partial charge >= 0.3 is 0 Å². The average Bonchev–Trinajstić information content (AvgIpc) is 2.75. The van der Waals surface area contributed by atoms with Crippen LogP contribution in [0.5, 0.6) is 0 Å². The van der Waals surface area contributed by atoms with Crippen molar-refractivity contribution in [3.8, 4) is 0 Å². The summed E-state index contributed by atoms with van der Waals surface area (Å²) in [7, 11) is -4.00. The second-order valence-corrected chi connectivity index (χ2v) is 10.3. The van der Waals surface area contributed by atoms with Gasteiger partial charge in [0.05, 0.1) is 11.4 Å². The second-order valence-electron chi connectivity index (χ2n) is 7.97. The van der Waals surface area contributed by atoms with E-state index >= 15 is 0 Å². The molecule has 0 heterocycles. The molecule has 0 radical (unpaired) electrons. The van der Waals surface area contributed by atoms with Crippen molar-refractivity contribution in [2.75, 3.05) is 11.9 Å². The molecular formula is C23H28ClN3O4S. The third kappa shape index (κ3) is 6.54. The molecule has 9 heteroatoms. The summed E-state index contributed by atoms with van der Waals surface area (Å²) in [6.45, 7) is 1.03. The van der Waals surface area contributed by atoms with Gasteiger partial charge in [-0.1, -0.05) is 49.1 Å². The number of carbonyl (C=O) groups is 2. The molecule has 2 aromatic rings. The van der Waals surface area contributed by atoms with Crippen molar-refractivity contribution in [3.63, 3.8) is 0 Å². The maximum absolute atomic E-state index is 13.4. The minimum absolute atomic E-state index is 0.0316. The molecule has 7 nitrogen and oxygen atoms in total. The van der Waals surface area contributed by atoms with E-state index < -0.39 is 10.0 Å². The van der Waals surface area contributed by atoms with Crippen LogP contribution in [0, 0.1) is 0 Å². The number of hydrogen-bond donors (Lipinski definition) is 2. The number of anilines is 1. The molecule has 2 amide bonds. The molecular weight excluding hydrogens is 450 g/mol. The van der Waals surface area contributed by atoms with Gasteiger partial charge in [-0.3, -0.25) is 9.59 Å². The maximum atomic E-state index is 13.4. The van der Waals surface area contributed by atoms with Crippen LogP contribution in [-0.4, -0.2) is 37.1 Å². The summed E-state index contributed by atoms with van der Waals surface area (Å²) in [4.78, 5) is 24.0. The Morgan fingerprint density at radius 3 is 2.31 bits per heavy atom. The topological polar surface area (TPSA) is 95.6 Å². The first-order valence-electron chi connectivity index (χ1n) is 10.7. The zero-order valence-electron chi connectivity index (χ0n) is 18.0. The van der Waals surface area contributed by atoms with E-state index in [4.69, 9.17) is 11.6 Å². The van der Waals surface area contributed by atoms with Gasteiger partial charge in [0.1, 0.15) is 0 Å². The summed E-state index contributed by atoms with van der Waals surface area (Å²) >= 11 is 6.26. The highest BCUT2D eigenvalue weighted by Crippen LogP contribution is 2.24. The fraction of sp³-hybridized carbons (Fsp3) is 0.391. The summed E-state index contributed by atoms with van der Waals surface area (Å²) in [5.74, 6) is -0.581. The van der Waals surface area contributed by atoms with Gasteiger partial charge in [-0.05, 0) is 48.7 Å². The largest absolute Gasteiger partial charge is 0.352 e. The van der Waals surface area contributed by atoms with Crippen LogP contribution in [-0.2, 0) is 26.2 Å². The molecule has 0 saturated heterocycles. The zero-order chi connectivity index (χ0) is 23.1. The number of amides is 2. The monoisotopic (exact) mass is 477 g/mol. The van der Waals surface area contributed by atoms with Crippen LogP contribution in [0.4, 0.5) is 5.69 Å². The van der Waals surface area contributed by atoms with Gasteiger partial charge in [-0.15, -0.1) is 0 Å². The molecule has 3 rings (SSSR count). The Morgan fingerprint density at radius 1 is 1.03 bits per heavy atom. The first-order valence-corrected chi connectivity index (χ1v) is 12.5. The molecule has 0 aromatic heterocycles. The quantitative estimate of drug-likeness (QED) is 0.602. The van der Waals surface area contributed by atoms with Crippen molar-refractivity contribution in [2.45, 2.75) is 56.5 Å². The molecule has 0 spiro atoms. The molecule has 172 valence electrons. The van der Waals surface area contributed by atoms with Crippen LogP contribution in [0.3, 0.4) is 0 Å². The summed E-state index contributed by atoms with van der Waals surface area (Å²) < 4.78 is 28.0. The van der Waals surface area contributed by atoms with Gasteiger partial charge in [0.25, 0.3) is 0 Å². The molecule has 1 aliphatic rings. The van der Waals surface area contributed by atoms with Crippen molar-refractivity contribution in [1.29, 1.82) is 0 Å². The van der Waals surface area contributed by atoms with Gasteiger partial charge in [0, 0.05) is 30.2 Å². The number of hydrogen-bond acceptors (Lipinski definition) is 4. The molecule has 32 heavy (non-hydrogen) atoms. The van der Waals surface area contributed by atoms with E-state index in [1.807, 2.05) is 0 Å². The number of nitrogens with zero attached hydrogens (tertiary/aromatic N) is 1. The molecule has 1 saturated carbocycles. The average molecular weight is 478 g/mol. The number of nitrogens with one attached hydrogen (secondary N) is 2. The second kappa shape index (κ2) is 10.9. The molecule has 0 unspecified atom stereocenters. The maximum Gasteiger partial charge on any atom is 0.243 e. The Kier molecular flexibility index (Phi) is 8.28. The third-order valence-corrected chi connectivity index (χ3v) is 7.58. The van der Waals surface area contributed by atoms with Crippen molar-refractivity contribution in [2.24, 2.45) is 0 Å². The normalized spacial score (nSPS) is 14.8. The first kappa shape index (κ1) is 24.2. The fourth-order valence-electron chi connectivity index (χ4n) is 3.79. The third-order valence-electron chi connectivity index (χ3n) is 5.41. The summed E-state index contributed by atoms with van der Waals surface area (Å²) in [5, 5.41) is 6.02. The van der Waals surface area contributed by atoms with Gasteiger partial charge < -0.3 is 10.6 Å². The van der Waals surface area contributed by atoms with Crippen molar-refractivity contribution >= 4 is 39.1 Å². The van der Waals surface area contributed by atoms with Gasteiger partial charge in [-0.25, -0.2) is 8.42 Å². The predicted octanol–water partition coefficient (Wildman–Crippen LogP) is 3.94. The van der Waals surface area contributed by atoms with Crippen molar-refractivity contribution < 1.29 is 18.0 Å². The molecule has 0 bridgehead atoms. The highest BCUT2D eigenvalue weighted by Gasteiger charge is 2.28. The number of sulfonamides is 1. The summed E-state index contributed by atoms with van der Waals surface area (Å²) in [6, 6.07) is 12.9. The van der Waals surface area contributed by atoms with E-state index in [0.29, 0.717) is 16.3 Å². The summed E-state index contributed by atoms with van der Waals surface area (Å²) in [5.41, 5.74) is 1.10.